The topological polar surface area (TPSA) is 49.4 Å². The lowest BCUT2D eigenvalue weighted by Gasteiger charge is -2.40. The molecule has 0 fully saturated rings. The molecule has 2 aromatic carbocycles. The fraction of sp³-hybridized carbons (Fsp3) is 0.273. The predicted molar refractivity (Wildman–Crippen MR) is 115 cm³/mol. The summed E-state index contributed by atoms with van der Waals surface area (Å²) in [5.74, 6) is -0.468. The maximum atomic E-state index is 13.3. The van der Waals surface area contributed by atoms with Gasteiger partial charge in [0.15, 0.2) is 0 Å². The molecule has 3 rings (SSSR count). The molecule has 4 nitrogen and oxygen atoms in total. The highest BCUT2D eigenvalue weighted by molar-refractivity contribution is 6.35. The van der Waals surface area contributed by atoms with Gasteiger partial charge in [0.2, 0.25) is 5.91 Å². The fourth-order valence-corrected chi connectivity index (χ4v) is 3.66. The van der Waals surface area contributed by atoms with Crippen molar-refractivity contribution in [3.8, 4) is 0 Å². The van der Waals surface area contributed by atoms with Crippen LogP contribution in [0.2, 0.25) is 10.0 Å². The van der Waals surface area contributed by atoms with Crippen LogP contribution < -0.4 is 5.32 Å². The second-order valence-electron chi connectivity index (χ2n) is 7.37. The van der Waals surface area contributed by atoms with E-state index in [1.54, 1.807) is 36.9 Å². The van der Waals surface area contributed by atoms with E-state index >= 15 is 0 Å². The number of carbonyl (C=O) groups excluding carboxylic acids is 2. The van der Waals surface area contributed by atoms with E-state index in [1.165, 1.54) is 0 Å². The van der Waals surface area contributed by atoms with Crippen molar-refractivity contribution in [2.45, 2.75) is 32.7 Å². The molecule has 28 heavy (non-hydrogen) atoms. The summed E-state index contributed by atoms with van der Waals surface area (Å²) in [4.78, 5) is 28.0. The van der Waals surface area contributed by atoms with Crippen LogP contribution in [0.1, 0.15) is 32.8 Å². The van der Waals surface area contributed by atoms with Crippen LogP contribution >= 0.6 is 23.2 Å². The van der Waals surface area contributed by atoms with E-state index < -0.39 is 5.54 Å². The SMILES string of the molecule is CC1=C(c2ccccc2)C(=O)N(C(C)(C)C(=O)Nc2cc(Cl)ccc2Cl)CC1. The Bertz CT molecular complexity index is 952. The number of halogens is 2. The summed E-state index contributed by atoms with van der Waals surface area (Å²) >= 11 is 12.2. The standard InChI is InChI=1S/C22H22Cl2N2O2/c1-14-11-12-26(20(27)19(14)15-7-5-4-6-8-15)22(2,3)21(28)25-18-13-16(23)9-10-17(18)24/h4-10,13H,11-12H2,1-3H3,(H,25,28). The monoisotopic (exact) mass is 416 g/mol. The van der Waals surface area contributed by atoms with Crippen molar-refractivity contribution in [2.75, 3.05) is 11.9 Å². The Kier molecular flexibility index (Phi) is 5.82. The highest BCUT2D eigenvalue weighted by atomic mass is 35.5. The Morgan fingerprint density at radius 2 is 1.79 bits per heavy atom. The molecule has 1 aliphatic heterocycles. The molecule has 0 aliphatic carbocycles. The zero-order chi connectivity index (χ0) is 20.5. The Morgan fingerprint density at radius 1 is 1.11 bits per heavy atom. The molecule has 1 aliphatic rings. The van der Waals surface area contributed by atoms with Crippen LogP contribution in [0, 0.1) is 0 Å². The summed E-state index contributed by atoms with van der Waals surface area (Å²) in [5, 5.41) is 3.67. The molecule has 0 atom stereocenters. The molecule has 0 saturated carbocycles. The van der Waals surface area contributed by atoms with Gasteiger partial charge in [-0.2, -0.15) is 0 Å². The molecule has 0 unspecified atom stereocenters. The highest BCUT2D eigenvalue weighted by Crippen LogP contribution is 2.33. The van der Waals surface area contributed by atoms with E-state index in [0.29, 0.717) is 34.3 Å². The van der Waals surface area contributed by atoms with Crippen LogP contribution in [0.5, 0.6) is 0 Å². The Hall–Kier alpha value is -2.30. The fourth-order valence-electron chi connectivity index (χ4n) is 3.32. The minimum Gasteiger partial charge on any atom is -0.324 e. The van der Waals surface area contributed by atoms with E-state index in [-0.39, 0.29) is 11.8 Å². The third-order valence-electron chi connectivity index (χ3n) is 5.07. The minimum atomic E-state index is -1.07. The van der Waals surface area contributed by atoms with Crippen molar-refractivity contribution < 1.29 is 9.59 Å². The van der Waals surface area contributed by atoms with Gasteiger partial charge in [0.05, 0.1) is 10.7 Å². The molecule has 146 valence electrons. The van der Waals surface area contributed by atoms with Gasteiger partial charge >= 0.3 is 0 Å². The van der Waals surface area contributed by atoms with E-state index in [2.05, 4.69) is 5.32 Å². The van der Waals surface area contributed by atoms with Crippen LogP contribution in [0.25, 0.3) is 5.57 Å². The third kappa shape index (κ3) is 3.94. The molecule has 2 aromatic rings. The van der Waals surface area contributed by atoms with E-state index in [9.17, 15) is 9.59 Å². The first-order valence-electron chi connectivity index (χ1n) is 9.05. The van der Waals surface area contributed by atoms with Gasteiger partial charge in [-0.1, -0.05) is 59.1 Å². The zero-order valence-corrected chi connectivity index (χ0v) is 17.6. The number of benzene rings is 2. The Balaban J connectivity index is 1.88. The van der Waals surface area contributed by atoms with Crippen molar-refractivity contribution in [3.63, 3.8) is 0 Å². The average Bonchev–Trinajstić information content (AvgIpc) is 2.65. The maximum Gasteiger partial charge on any atom is 0.255 e. The number of hydrogen-bond donors (Lipinski definition) is 1. The lowest BCUT2D eigenvalue weighted by molar-refractivity contribution is -0.139. The third-order valence-corrected chi connectivity index (χ3v) is 5.63. The van der Waals surface area contributed by atoms with Gasteiger partial charge in [-0.15, -0.1) is 0 Å². The first-order chi connectivity index (χ1) is 13.2. The zero-order valence-electron chi connectivity index (χ0n) is 16.1. The van der Waals surface area contributed by atoms with E-state index in [4.69, 9.17) is 23.2 Å². The van der Waals surface area contributed by atoms with Crippen LogP contribution in [0.4, 0.5) is 5.69 Å². The molecule has 0 bridgehead atoms. The van der Waals surface area contributed by atoms with Crippen LogP contribution in [0.3, 0.4) is 0 Å². The number of rotatable bonds is 4. The van der Waals surface area contributed by atoms with Gasteiger partial charge in [-0.25, -0.2) is 0 Å². The van der Waals surface area contributed by atoms with Crippen molar-refractivity contribution in [3.05, 3.63) is 69.7 Å². The maximum absolute atomic E-state index is 13.3. The molecule has 0 radical (unpaired) electrons. The summed E-state index contributed by atoms with van der Waals surface area (Å²) in [7, 11) is 0. The van der Waals surface area contributed by atoms with Gasteiger partial charge in [-0.3, -0.25) is 9.59 Å². The molecule has 0 saturated heterocycles. The summed E-state index contributed by atoms with van der Waals surface area (Å²) in [6, 6.07) is 14.4. The molecule has 1 N–H and O–H groups in total. The number of nitrogens with zero attached hydrogens (tertiary/aromatic N) is 1. The van der Waals surface area contributed by atoms with Crippen molar-refractivity contribution in [1.29, 1.82) is 0 Å². The van der Waals surface area contributed by atoms with E-state index in [0.717, 1.165) is 11.1 Å². The Morgan fingerprint density at radius 3 is 2.46 bits per heavy atom. The van der Waals surface area contributed by atoms with Crippen molar-refractivity contribution in [1.82, 2.24) is 4.90 Å². The molecular weight excluding hydrogens is 395 g/mol. The quantitative estimate of drug-likeness (QED) is 0.723. The number of hydrogen-bond acceptors (Lipinski definition) is 2. The molecule has 6 heteroatoms. The summed E-state index contributed by atoms with van der Waals surface area (Å²) in [6.07, 6.45) is 0.713. The molecular formula is C22H22Cl2N2O2. The van der Waals surface area contributed by atoms with Gasteiger partial charge in [0.25, 0.3) is 5.91 Å². The second-order valence-corrected chi connectivity index (χ2v) is 8.21. The first-order valence-corrected chi connectivity index (χ1v) is 9.81. The van der Waals surface area contributed by atoms with Crippen LogP contribution in [0.15, 0.2) is 54.1 Å². The smallest absolute Gasteiger partial charge is 0.255 e. The summed E-state index contributed by atoms with van der Waals surface area (Å²) in [5.41, 5.74) is 1.91. The Labute approximate surface area is 175 Å². The number of carbonyl (C=O) groups is 2. The van der Waals surface area contributed by atoms with Gasteiger partial charge < -0.3 is 10.2 Å². The molecule has 0 spiro atoms. The lowest BCUT2D eigenvalue weighted by atomic mass is 9.90. The number of amides is 2. The van der Waals surface area contributed by atoms with Crippen molar-refractivity contribution >= 4 is 46.3 Å². The molecule has 1 heterocycles. The van der Waals surface area contributed by atoms with Crippen LogP contribution in [-0.4, -0.2) is 28.8 Å². The summed E-state index contributed by atoms with van der Waals surface area (Å²) in [6.45, 7) is 5.92. The highest BCUT2D eigenvalue weighted by Gasteiger charge is 2.41. The second kappa shape index (κ2) is 7.98. The number of nitrogens with one attached hydrogen (secondary N) is 1. The molecule has 2 amide bonds. The average molecular weight is 417 g/mol. The normalized spacial score (nSPS) is 15.0. The van der Waals surface area contributed by atoms with E-state index in [1.807, 2.05) is 37.3 Å². The predicted octanol–water partition coefficient (Wildman–Crippen LogP) is 5.42. The lowest BCUT2D eigenvalue weighted by Crippen LogP contribution is -2.56. The number of anilines is 1. The summed E-state index contributed by atoms with van der Waals surface area (Å²) < 4.78 is 0. The van der Waals surface area contributed by atoms with Gasteiger partial charge in [0, 0.05) is 17.1 Å². The van der Waals surface area contributed by atoms with Crippen LogP contribution in [-0.2, 0) is 9.59 Å². The van der Waals surface area contributed by atoms with Crippen molar-refractivity contribution in [2.24, 2.45) is 0 Å². The minimum absolute atomic E-state index is 0.146. The largest absolute Gasteiger partial charge is 0.324 e. The molecule has 0 aromatic heterocycles. The van der Waals surface area contributed by atoms with Gasteiger partial charge in [0.1, 0.15) is 5.54 Å². The van der Waals surface area contributed by atoms with Gasteiger partial charge in [-0.05, 0) is 51.0 Å². The first kappa shape index (κ1) is 20.4.